The molecule has 154 valence electrons. The molecule has 1 fully saturated rings. The monoisotopic (exact) mass is 389 g/mol. The van der Waals surface area contributed by atoms with Gasteiger partial charge in [0.1, 0.15) is 6.61 Å². The normalized spacial score (nSPS) is 23.1. The molecule has 1 aromatic carbocycles. The molecule has 2 rings (SSSR count). The first-order chi connectivity index (χ1) is 13.2. The van der Waals surface area contributed by atoms with E-state index in [2.05, 4.69) is 16.0 Å². The molecule has 1 aliphatic rings. The lowest BCUT2D eigenvalue weighted by molar-refractivity contribution is -0.135. The first-order valence-electron chi connectivity index (χ1n) is 9.63. The summed E-state index contributed by atoms with van der Waals surface area (Å²) in [5.41, 5.74) is 0.149. The highest BCUT2D eigenvalue weighted by atomic mass is 16.5. The molecule has 7 heteroatoms. The number of hydrogen-bond acceptors (Lipinski definition) is 4. The smallest absolute Gasteiger partial charge is 0.250 e. The average molecular weight is 389 g/mol. The lowest BCUT2D eigenvalue weighted by Crippen LogP contribution is -2.47. The number of benzene rings is 1. The molecule has 3 N–H and O–H groups in total. The second-order valence-corrected chi connectivity index (χ2v) is 8.05. The van der Waals surface area contributed by atoms with Gasteiger partial charge in [-0.1, -0.05) is 20.8 Å². The predicted molar refractivity (Wildman–Crippen MR) is 109 cm³/mol. The molecule has 2 atom stereocenters. The molecule has 1 aromatic rings. The molecule has 0 bridgehead atoms. The molecule has 28 heavy (non-hydrogen) atoms. The topological polar surface area (TPSA) is 96.5 Å². The van der Waals surface area contributed by atoms with Gasteiger partial charge in [0.2, 0.25) is 17.7 Å². The van der Waals surface area contributed by atoms with E-state index in [4.69, 9.17) is 4.74 Å². The maximum absolute atomic E-state index is 13.1. The lowest BCUT2D eigenvalue weighted by Gasteiger charge is -2.39. The van der Waals surface area contributed by atoms with Gasteiger partial charge in [-0.3, -0.25) is 14.4 Å². The first-order valence-corrected chi connectivity index (χ1v) is 9.63. The van der Waals surface area contributed by atoms with E-state index in [9.17, 15) is 14.4 Å². The molecular weight excluding hydrogens is 358 g/mol. The van der Waals surface area contributed by atoms with Crippen molar-refractivity contribution in [3.63, 3.8) is 0 Å². The van der Waals surface area contributed by atoms with Crippen LogP contribution in [-0.4, -0.2) is 38.0 Å². The van der Waals surface area contributed by atoms with Crippen LogP contribution < -0.4 is 16.0 Å². The summed E-state index contributed by atoms with van der Waals surface area (Å²) in [4.78, 5) is 37.1. The van der Waals surface area contributed by atoms with E-state index < -0.39 is 10.8 Å². The van der Waals surface area contributed by atoms with Gasteiger partial charge in [0.25, 0.3) is 0 Å². The summed E-state index contributed by atoms with van der Waals surface area (Å²) in [6.45, 7) is 8.39. The zero-order chi connectivity index (χ0) is 20.9. The highest BCUT2D eigenvalue weighted by Gasteiger charge is 2.57. The Bertz CT molecular complexity index is 730. The molecule has 1 aliphatic carbocycles. The highest BCUT2D eigenvalue weighted by molar-refractivity contribution is 5.97. The molecule has 0 saturated heterocycles. The van der Waals surface area contributed by atoms with Crippen LogP contribution in [-0.2, 0) is 19.1 Å². The third-order valence-corrected chi connectivity index (χ3v) is 6.10. The first kappa shape index (κ1) is 21.9. The second-order valence-electron chi connectivity index (χ2n) is 8.05. The summed E-state index contributed by atoms with van der Waals surface area (Å²) in [7, 11) is 1.46. The lowest BCUT2D eigenvalue weighted by atomic mass is 9.65. The summed E-state index contributed by atoms with van der Waals surface area (Å²) in [6.07, 6.45) is 1.34. The van der Waals surface area contributed by atoms with Crippen molar-refractivity contribution >= 4 is 29.1 Å². The number of carbonyl (C=O) groups excluding carboxylic acids is 3. The predicted octanol–water partition coefficient (Wildman–Crippen LogP) is 2.79. The van der Waals surface area contributed by atoms with Crippen molar-refractivity contribution in [3.8, 4) is 0 Å². The summed E-state index contributed by atoms with van der Waals surface area (Å²) in [6, 6.07) is 6.94. The largest absolute Gasteiger partial charge is 0.375 e. The van der Waals surface area contributed by atoms with Gasteiger partial charge in [-0.25, -0.2) is 0 Å². The summed E-state index contributed by atoms with van der Waals surface area (Å²) in [5.74, 6) is -0.516. The number of anilines is 2. The van der Waals surface area contributed by atoms with E-state index in [0.717, 1.165) is 0 Å². The van der Waals surface area contributed by atoms with Crippen molar-refractivity contribution < 1.29 is 19.1 Å². The van der Waals surface area contributed by atoms with Gasteiger partial charge >= 0.3 is 0 Å². The molecule has 1 saturated carbocycles. The Kier molecular flexibility index (Phi) is 6.82. The molecule has 0 aromatic heterocycles. The van der Waals surface area contributed by atoms with Crippen LogP contribution in [0.25, 0.3) is 0 Å². The van der Waals surface area contributed by atoms with Crippen molar-refractivity contribution in [2.45, 2.75) is 40.5 Å². The Balaban J connectivity index is 2.07. The summed E-state index contributed by atoms with van der Waals surface area (Å²) >= 11 is 0. The zero-order valence-electron chi connectivity index (χ0n) is 17.3. The Hall–Kier alpha value is -2.41. The van der Waals surface area contributed by atoms with Crippen molar-refractivity contribution in [1.82, 2.24) is 5.32 Å². The van der Waals surface area contributed by atoms with Crippen LogP contribution in [0.15, 0.2) is 24.3 Å². The maximum Gasteiger partial charge on any atom is 0.250 e. The number of carbonyl (C=O) groups is 3. The van der Waals surface area contributed by atoms with Gasteiger partial charge in [-0.15, -0.1) is 0 Å². The van der Waals surface area contributed by atoms with Crippen LogP contribution in [0.2, 0.25) is 0 Å². The molecule has 0 aliphatic heterocycles. The third kappa shape index (κ3) is 4.35. The van der Waals surface area contributed by atoms with Crippen LogP contribution in [0.4, 0.5) is 11.4 Å². The summed E-state index contributed by atoms with van der Waals surface area (Å²) < 4.78 is 4.78. The third-order valence-electron chi connectivity index (χ3n) is 6.10. The number of hydrogen-bond donors (Lipinski definition) is 3. The minimum Gasteiger partial charge on any atom is -0.375 e. The van der Waals surface area contributed by atoms with Crippen molar-refractivity contribution in [2.75, 3.05) is 30.9 Å². The quantitative estimate of drug-likeness (QED) is 0.668. The zero-order valence-corrected chi connectivity index (χ0v) is 17.3. The Morgan fingerprint density at radius 3 is 2.18 bits per heavy atom. The molecule has 0 spiro atoms. The van der Waals surface area contributed by atoms with Gasteiger partial charge in [0.15, 0.2) is 0 Å². The number of ether oxygens (including phenoxy) is 1. The van der Waals surface area contributed by atoms with E-state index in [0.29, 0.717) is 30.8 Å². The fourth-order valence-electron chi connectivity index (χ4n) is 3.90. The van der Waals surface area contributed by atoms with Crippen LogP contribution in [0.3, 0.4) is 0 Å². The van der Waals surface area contributed by atoms with Gasteiger partial charge in [0, 0.05) is 30.9 Å². The number of rotatable bonds is 7. The molecule has 0 radical (unpaired) electrons. The van der Waals surface area contributed by atoms with Gasteiger partial charge in [-0.05, 0) is 49.4 Å². The van der Waals surface area contributed by atoms with Gasteiger partial charge in [0.05, 0.1) is 5.41 Å². The molecule has 7 nitrogen and oxygen atoms in total. The number of amides is 3. The van der Waals surface area contributed by atoms with Crippen LogP contribution >= 0.6 is 0 Å². The van der Waals surface area contributed by atoms with E-state index >= 15 is 0 Å². The van der Waals surface area contributed by atoms with Crippen molar-refractivity contribution in [2.24, 2.45) is 16.7 Å². The number of methoxy groups -OCH3 is 1. The minimum atomic E-state index is -0.659. The van der Waals surface area contributed by atoms with Crippen molar-refractivity contribution in [1.29, 1.82) is 0 Å². The highest BCUT2D eigenvalue weighted by Crippen LogP contribution is 2.56. The van der Waals surface area contributed by atoms with Crippen LogP contribution in [0.1, 0.15) is 40.5 Å². The van der Waals surface area contributed by atoms with Crippen LogP contribution in [0.5, 0.6) is 0 Å². The van der Waals surface area contributed by atoms with Gasteiger partial charge in [-0.2, -0.15) is 0 Å². The molecule has 0 heterocycles. The van der Waals surface area contributed by atoms with E-state index in [1.807, 2.05) is 27.7 Å². The minimum absolute atomic E-state index is 0.0141. The number of nitrogens with one attached hydrogen (secondary N) is 3. The Morgan fingerprint density at radius 1 is 1.07 bits per heavy atom. The van der Waals surface area contributed by atoms with Crippen molar-refractivity contribution in [3.05, 3.63) is 24.3 Å². The average Bonchev–Trinajstić information content (AvgIpc) is 2.87. The fourth-order valence-corrected chi connectivity index (χ4v) is 3.90. The standard InChI is InChI=1S/C21H31N3O4/c1-6-22-18(26)16-11-12-21(4,20(16,2)3)19(27)24-15-9-7-14(8-10-15)23-17(25)13-28-5/h7-10,16H,6,11-13H2,1-5H3,(H,22,26)(H,23,25)(H,24,27)/t16-,21+/m1/s1. The maximum atomic E-state index is 13.1. The second kappa shape index (κ2) is 8.73. The summed E-state index contributed by atoms with van der Waals surface area (Å²) in [5, 5.41) is 8.56. The molecule has 3 amide bonds. The molecule has 0 unspecified atom stereocenters. The fraction of sp³-hybridized carbons (Fsp3) is 0.571. The van der Waals surface area contributed by atoms with Gasteiger partial charge < -0.3 is 20.7 Å². The van der Waals surface area contributed by atoms with E-state index in [1.165, 1.54) is 7.11 Å². The Labute approximate surface area is 166 Å². The molecular formula is C21H31N3O4. The van der Waals surface area contributed by atoms with Crippen LogP contribution in [0, 0.1) is 16.7 Å². The van der Waals surface area contributed by atoms with E-state index in [-0.39, 0.29) is 30.2 Å². The van der Waals surface area contributed by atoms with E-state index in [1.54, 1.807) is 24.3 Å². The SMILES string of the molecule is CCNC(=O)[C@H]1CC[C@@](C)(C(=O)Nc2ccc(NC(=O)COC)cc2)C1(C)C. The Morgan fingerprint density at radius 2 is 1.64 bits per heavy atom.